The van der Waals surface area contributed by atoms with E-state index in [0.29, 0.717) is 13.2 Å². The second-order valence-corrected chi connectivity index (χ2v) is 5.69. The zero-order chi connectivity index (χ0) is 15.2. The van der Waals surface area contributed by atoms with Gasteiger partial charge in [-0.1, -0.05) is 6.07 Å². The largest absolute Gasteiger partial charge is 0.376 e. The zero-order valence-corrected chi connectivity index (χ0v) is 12.6. The maximum atomic E-state index is 12.0. The Morgan fingerprint density at radius 2 is 2.32 bits per heavy atom. The first-order valence-electron chi connectivity index (χ1n) is 7.83. The van der Waals surface area contributed by atoms with Crippen LogP contribution in [0.4, 0.5) is 0 Å². The van der Waals surface area contributed by atoms with E-state index in [9.17, 15) is 4.79 Å². The van der Waals surface area contributed by atoms with Crippen molar-refractivity contribution in [2.45, 2.75) is 37.5 Å². The quantitative estimate of drug-likeness (QED) is 0.856. The fourth-order valence-electron chi connectivity index (χ4n) is 2.92. The van der Waals surface area contributed by atoms with Gasteiger partial charge in [0.15, 0.2) is 0 Å². The maximum absolute atomic E-state index is 12.0. The van der Waals surface area contributed by atoms with Crippen molar-refractivity contribution in [2.75, 3.05) is 26.4 Å². The van der Waals surface area contributed by atoms with Crippen LogP contribution in [-0.4, -0.2) is 49.5 Å². The van der Waals surface area contributed by atoms with E-state index < -0.39 is 0 Å². The van der Waals surface area contributed by atoms with E-state index >= 15 is 0 Å². The number of pyridine rings is 1. The first-order chi connectivity index (χ1) is 10.8. The number of nitrogens with one attached hydrogen (secondary N) is 1. The smallest absolute Gasteiger partial charge is 0.246 e. The van der Waals surface area contributed by atoms with Gasteiger partial charge in [-0.3, -0.25) is 9.78 Å². The third kappa shape index (κ3) is 4.03. The van der Waals surface area contributed by atoms with E-state index in [-0.39, 0.29) is 30.8 Å². The van der Waals surface area contributed by atoms with Crippen LogP contribution < -0.4 is 5.32 Å². The molecule has 0 spiro atoms. The highest BCUT2D eigenvalue weighted by atomic mass is 16.5. The van der Waals surface area contributed by atoms with Crippen molar-refractivity contribution in [1.82, 2.24) is 10.3 Å². The Labute approximate surface area is 130 Å². The summed E-state index contributed by atoms with van der Waals surface area (Å²) in [6, 6.07) is 3.82. The molecule has 0 aliphatic carbocycles. The molecule has 6 nitrogen and oxygen atoms in total. The summed E-state index contributed by atoms with van der Waals surface area (Å²) in [5.74, 6) is -0.109. The lowest BCUT2D eigenvalue weighted by molar-refractivity contribution is -0.128. The van der Waals surface area contributed by atoms with Crippen molar-refractivity contribution in [3.63, 3.8) is 0 Å². The number of nitrogens with zero attached hydrogens (tertiary/aromatic N) is 1. The molecule has 3 atom stereocenters. The first kappa shape index (κ1) is 15.4. The first-order valence-corrected chi connectivity index (χ1v) is 7.83. The van der Waals surface area contributed by atoms with Crippen molar-refractivity contribution in [1.29, 1.82) is 0 Å². The molecule has 3 rings (SSSR count). The highest BCUT2D eigenvalue weighted by Crippen LogP contribution is 2.28. The lowest BCUT2D eigenvalue weighted by atomic mass is 10.0. The zero-order valence-electron chi connectivity index (χ0n) is 12.6. The minimum Gasteiger partial charge on any atom is -0.376 e. The van der Waals surface area contributed by atoms with Crippen LogP contribution in [0.25, 0.3) is 0 Å². The highest BCUT2D eigenvalue weighted by Gasteiger charge is 2.31. The summed E-state index contributed by atoms with van der Waals surface area (Å²) >= 11 is 0. The van der Waals surface area contributed by atoms with E-state index in [0.717, 1.165) is 31.4 Å². The standard InChI is InChI=1S/C16H22N2O4/c19-15(11-20-10-13-4-2-7-21-13)18-14-5-8-22-16(14)12-3-1-6-17-9-12/h1,3,6,9,13-14,16H,2,4-5,7-8,10-11H2,(H,18,19)/t13-,14+,16-/m1/s1. The lowest BCUT2D eigenvalue weighted by Gasteiger charge is -2.20. The molecule has 2 saturated heterocycles. The predicted molar refractivity (Wildman–Crippen MR) is 79.3 cm³/mol. The molecule has 22 heavy (non-hydrogen) atoms. The summed E-state index contributed by atoms with van der Waals surface area (Å²) in [6.07, 6.45) is 6.42. The summed E-state index contributed by atoms with van der Waals surface area (Å²) in [5.41, 5.74) is 0.991. The Morgan fingerprint density at radius 3 is 3.09 bits per heavy atom. The van der Waals surface area contributed by atoms with Crippen LogP contribution in [0.1, 0.15) is 30.9 Å². The fraction of sp³-hybridized carbons (Fsp3) is 0.625. The second kappa shape index (κ2) is 7.67. The van der Waals surface area contributed by atoms with Crippen LogP contribution in [0.2, 0.25) is 0 Å². The number of carbonyl (C=O) groups is 1. The van der Waals surface area contributed by atoms with Crippen LogP contribution >= 0.6 is 0 Å². The van der Waals surface area contributed by atoms with Crippen LogP contribution in [0, 0.1) is 0 Å². The summed E-state index contributed by atoms with van der Waals surface area (Å²) < 4.78 is 16.6. The third-order valence-electron chi connectivity index (χ3n) is 4.01. The summed E-state index contributed by atoms with van der Waals surface area (Å²) in [7, 11) is 0. The van der Waals surface area contributed by atoms with E-state index in [1.165, 1.54) is 0 Å². The van der Waals surface area contributed by atoms with Gasteiger partial charge in [0.05, 0.1) is 18.8 Å². The Morgan fingerprint density at radius 1 is 1.36 bits per heavy atom. The molecule has 1 N–H and O–H groups in total. The Hall–Kier alpha value is -1.50. The summed E-state index contributed by atoms with van der Waals surface area (Å²) in [5, 5.41) is 3.00. The van der Waals surface area contributed by atoms with Crippen molar-refractivity contribution in [3.05, 3.63) is 30.1 Å². The van der Waals surface area contributed by atoms with Gasteiger partial charge in [0.2, 0.25) is 5.91 Å². The van der Waals surface area contributed by atoms with Gasteiger partial charge in [0, 0.05) is 31.2 Å². The highest BCUT2D eigenvalue weighted by molar-refractivity contribution is 5.77. The van der Waals surface area contributed by atoms with Crippen molar-refractivity contribution in [3.8, 4) is 0 Å². The van der Waals surface area contributed by atoms with Gasteiger partial charge in [-0.2, -0.15) is 0 Å². The van der Waals surface area contributed by atoms with Gasteiger partial charge in [-0.15, -0.1) is 0 Å². The maximum Gasteiger partial charge on any atom is 0.246 e. The van der Waals surface area contributed by atoms with Crippen LogP contribution in [0.15, 0.2) is 24.5 Å². The molecule has 1 aromatic heterocycles. The van der Waals surface area contributed by atoms with Gasteiger partial charge < -0.3 is 19.5 Å². The molecule has 1 amide bonds. The molecule has 0 saturated carbocycles. The average Bonchev–Trinajstić information content (AvgIpc) is 3.20. The predicted octanol–water partition coefficient (Wildman–Crippen LogP) is 1.22. The SMILES string of the molecule is O=C(COC[C@H]1CCCO1)N[C@H]1CCO[C@@H]1c1cccnc1. The molecule has 0 radical (unpaired) electrons. The Balaban J connectivity index is 1.44. The molecular formula is C16H22N2O4. The van der Waals surface area contributed by atoms with Crippen molar-refractivity contribution >= 4 is 5.91 Å². The van der Waals surface area contributed by atoms with Crippen molar-refractivity contribution in [2.24, 2.45) is 0 Å². The normalized spacial score (nSPS) is 27.9. The topological polar surface area (TPSA) is 69.7 Å². The van der Waals surface area contributed by atoms with Gasteiger partial charge in [0.25, 0.3) is 0 Å². The molecule has 2 aliphatic heterocycles. The van der Waals surface area contributed by atoms with Crippen molar-refractivity contribution < 1.29 is 19.0 Å². The number of amides is 1. The van der Waals surface area contributed by atoms with E-state index in [1.54, 1.807) is 12.4 Å². The number of ether oxygens (including phenoxy) is 3. The van der Waals surface area contributed by atoms with Crippen LogP contribution in [-0.2, 0) is 19.0 Å². The summed E-state index contributed by atoms with van der Waals surface area (Å²) in [6.45, 7) is 1.99. The number of carbonyl (C=O) groups excluding carboxylic acids is 1. The number of aromatic nitrogens is 1. The fourth-order valence-corrected chi connectivity index (χ4v) is 2.92. The Kier molecular flexibility index (Phi) is 5.37. The number of hydrogen-bond donors (Lipinski definition) is 1. The van der Waals surface area contributed by atoms with E-state index in [2.05, 4.69) is 10.3 Å². The molecule has 2 fully saturated rings. The third-order valence-corrected chi connectivity index (χ3v) is 4.01. The molecule has 0 unspecified atom stereocenters. The van der Waals surface area contributed by atoms with Crippen LogP contribution in [0.5, 0.6) is 0 Å². The van der Waals surface area contributed by atoms with Gasteiger partial charge in [-0.25, -0.2) is 0 Å². The van der Waals surface area contributed by atoms with Gasteiger partial charge >= 0.3 is 0 Å². The molecule has 0 bridgehead atoms. The molecule has 0 aromatic carbocycles. The van der Waals surface area contributed by atoms with E-state index in [1.807, 2.05) is 12.1 Å². The lowest BCUT2D eigenvalue weighted by Crippen LogP contribution is -2.39. The monoisotopic (exact) mass is 306 g/mol. The Bertz CT molecular complexity index is 476. The minimum absolute atomic E-state index is 0.0250. The molecule has 6 heteroatoms. The van der Waals surface area contributed by atoms with Gasteiger partial charge in [0.1, 0.15) is 12.7 Å². The molecule has 120 valence electrons. The molecule has 1 aromatic rings. The number of rotatable bonds is 6. The minimum atomic E-state index is -0.129. The number of hydrogen-bond acceptors (Lipinski definition) is 5. The van der Waals surface area contributed by atoms with E-state index in [4.69, 9.17) is 14.2 Å². The van der Waals surface area contributed by atoms with Crippen LogP contribution in [0.3, 0.4) is 0 Å². The summed E-state index contributed by atoms with van der Waals surface area (Å²) in [4.78, 5) is 16.1. The molecule has 2 aliphatic rings. The van der Waals surface area contributed by atoms with Gasteiger partial charge in [-0.05, 0) is 25.3 Å². The average molecular weight is 306 g/mol. The second-order valence-electron chi connectivity index (χ2n) is 5.69. The molecular weight excluding hydrogens is 284 g/mol. The molecule has 3 heterocycles.